The van der Waals surface area contributed by atoms with Crippen LogP contribution in [0.1, 0.15) is 24.1 Å². The van der Waals surface area contributed by atoms with Gasteiger partial charge in [0.15, 0.2) is 0 Å². The summed E-state index contributed by atoms with van der Waals surface area (Å²) in [5, 5.41) is 3.39. The van der Waals surface area contributed by atoms with Crippen molar-refractivity contribution in [3.05, 3.63) is 21.3 Å². The smallest absolute Gasteiger partial charge is 0.0931 e. The van der Waals surface area contributed by atoms with E-state index in [1.807, 2.05) is 6.07 Å². The van der Waals surface area contributed by atoms with Gasteiger partial charge in [-0.15, -0.1) is 11.3 Å². The lowest BCUT2D eigenvalue weighted by Gasteiger charge is -2.26. The maximum Gasteiger partial charge on any atom is 0.0931 e. The van der Waals surface area contributed by atoms with Crippen molar-refractivity contribution < 1.29 is 0 Å². The SMILES string of the molecule is Clc1ccc(CCCCCN2CCNCC2)s1. The van der Waals surface area contributed by atoms with E-state index in [0.717, 1.165) is 17.4 Å². The molecule has 2 rings (SSSR count). The summed E-state index contributed by atoms with van der Waals surface area (Å²) >= 11 is 7.63. The zero-order valence-electron chi connectivity index (χ0n) is 10.3. The third-order valence-electron chi connectivity index (χ3n) is 3.24. The molecule has 1 saturated heterocycles. The summed E-state index contributed by atoms with van der Waals surface area (Å²) in [6.07, 6.45) is 5.15. The van der Waals surface area contributed by atoms with Gasteiger partial charge in [-0.25, -0.2) is 0 Å². The predicted octanol–water partition coefficient (Wildman–Crippen LogP) is 3.02. The number of hydrogen-bond acceptors (Lipinski definition) is 3. The third kappa shape index (κ3) is 4.96. The fourth-order valence-corrected chi connectivity index (χ4v) is 3.36. The molecular formula is C13H21ClN2S. The van der Waals surface area contributed by atoms with Crippen molar-refractivity contribution >= 4 is 22.9 Å². The Balaban J connectivity index is 1.51. The molecule has 0 saturated carbocycles. The molecule has 0 aliphatic carbocycles. The van der Waals surface area contributed by atoms with E-state index in [9.17, 15) is 0 Å². The van der Waals surface area contributed by atoms with Crippen LogP contribution in [0.4, 0.5) is 0 Å². The average Bonchev–Trinajstić information content (AvgIpc) is 2.76. The van der Waals surface area contributed by atoms with Crippen LogP contribution < -0.4 is 5.32 Å². The number of nitrogens with one attached hydrogen (secondary N) is 1. The summed E-state index contributed by atoms with van der Waals surface area (Å²) in [4.78, 5) is 4.00. The zero-order valence-corrected chi connectivity index (χ0v) is 11.8. The van der Waals surface area contributed by atoms with E-state index in [1.54, 1.807) is 11.3 Å². The molecule has 1 aliphatic rings. The lowest BCUT2D eigenvalue weighted by Crippen LogP contribution is -2.43. The molecule has 0 unspecified atom stereocenters. The molecule has 1 fully saturated rings. The molecule has 0 bridgehead atoms. The number of thiophene rings is 1. The number of rotatable bonds is 6. The van der Waals surface area contributed by atoms with Crippen LogP contribution in [-0.2, 0) is 6.42 Å². The Hall–Kier alpha value is -0.0900. The number of unbranched alkanes of at least 4 members (excludes halogenated alkanes) is 2. The largest absolute Gasteiger partial charge is 0.314 e. The highest BCUT2D eigenvalue weighted by Gasteiger charge is 2.08. The first-order valence-corrected chi connectivity index (χ1v) is 7.71. The van der Waals surface area contributed by atoms with E-state index in [-0.39, 0.29) is 0 Å². The van der Waals surface area contributed by atoms with Crippen LogP contribution in [0.25, 0.3) is 0 Å². The topological polar surface area (TPSA) is 15.3 Å². The van der Waals surface area contributed by atoms with Crippen LogP contribution in [0.5, 0.6) is 0 Å². The molecule has 1 aliphatic heterocycles. The van der Waals surface area contributed by atoms with E-state index in [2.05, 4.69) is 16.3 Å². The normalized spacial score (nSPS) is 17.5. The van der Waals surface area contributed by atoms with Crippen molar-refractivity contribution in [2.45, 2.75) is 25.7 Å². The van der Waals surface area contributed by atoms with Gasteiger partial charge in [-0.05, 0) is 37.9 Å². The van der Waals surface area contributed by atoms with Gasteiger partial charge in [0, 0.05) is 31.1 Å². The minimum atomic E-state index is 0.917. The Morgan fingerprint density at radius 1 is 1.18 bits per heavy atom. The van der Waals surface area contributed by atoms with Crippen molar-refractivity contribution in [2.75, 3.05) is 32.7 Å². The van der Waals surface area contributed by atoms with Crippen molar-refractivity contribution in [3.63, 3.8) is 0 Å². The quantitative estimate of drug-likeness (QED) is 0.801. The molecule has 2 heterocycles. The molecular weight excluding hydrogens is 252 g/mol. The lowest BCUT2D eigenvalue weighted by molar-refractivity contribution is 0.236. The molecule has 96 valence electrons. The summed E-state index contributed by atoms with van der Waals surface area (Å²) in [5.74, 6) is 0. The summed E-state index contributed by atoms with van der Waals surface area (Å²) in [7, 11) is 0. The predicted molar refractivity (Wildman–Crippen MR) is 76.2 cm³/mol. The molecule has 2 nitrogen and oxygen atoms in total. The average molecular weight is 273 g/mol. The summed E-state index contributed by atoms with van der Waals surface area (Å²) in [5.41, 5.74) is 0. The third-order valence-corrected chi connectivity index (χ3v) is 4.53. The fourth-order valence-electron chi connectivity index (χ4n) is 2.23. The number of halogens is 1. The van der Waals surface area contributed by atoms with E-state index >= 15 is 0 Å². The first-order valence-electron chi connectivity index (χ1n) is 6.52. The lowest BCUT2D eigenvalue weighted by atomic mass is 10.1. The first kappa shape index (κ1) is 13.3. The molecule has 0 atom stereocenters. The Labute approximate surface area is 113 Å². The van der Waals surface area contributed by atoms with Crippen molar-refractivity contribution in [3.8, 4) is 0 Å². The van der Waals surface area contributed by atoms with Gasteiger partial charge < -0.3 is 10.2 Å². The molecule has 1 aromatic heterocycles. The van der Waals surface area contributed by atoms with Crippen LogP contribution in [0.2, 0.25) is 4.34 Å². The number of hydrogen-bond donors (Lipinski definition) is 1. The summed E-state index contributed by atoms with van der Waals surface area (Å²) in [6, 6.07) is 4.16. The Kier molecular flexibility index (Phi) is 5.78. The van der Waals surface area contributed by atoms with E-state index in [4.69, 9.17) is 11.6 Å². The van der Waals surface area contributed by atoms with Gasteiger partial charge in [-0.3, -0.25) is 0 Å². The highest BCUT2D eigenvalue weighted by molar-refractivity contribution is 7.16. The minimum Gasteiger partial charge on any atom is -0.314 e. The highest BCUT2D eigenvalue weighted by atomic mass is 35.5. The number of aryl methyl sites for hydroxylation is 1. The van der Waals surface area contributed by atoms with Gasteiger partial charge >= 0.3 is 0 Å². The molecule has 0 spiro atoms. The molecule has 0 amide bonds. The standard InChI is InChI=1S/C13H21ClN2S/c14-13-6-5-12(17-13)4-2-1-3-9-16-10-7-15-8-11-16/h5-6,15H,1-4,7-11H2. The summed E-state index contributed by atoms with van der Waals surface area (Å²) < 4.78 is 0.917. The second-order valence-corrected chi connectivity index (χ2v) is 6.41. The Bertz CT molecular complexity index is 321. The van der Waals surface area contributed by atoms with E-state index in [0.29, 0.717) is 0 Å². The molecule has 1 aromatic rings. The minimum absolute atomic E-state index is 0.917. The van der Waals surface area contributed by atoms with Gasteiger partial charge in [0.05, 0.1) is 4.34 Å². The van der Waals surface area contributed by atoms with Gasteiger partial charge in [0.1, 0.15) is 0 Å². The second-order valence-electron chi connectivity index (χ2n) is 4.61. The maximum atomic E-state index is 5.91. The van der Waals surface area contributed by atoms with Gasteiger partial charge in [0.25, 0.3) is 0 Å². The summed E-state index contributed by atoms with van der Waals surface area (Å²) in [6.45, 7) is 6.04. The van der Waals surface area contributed by atoms with Crippen molar-refractivity contribution in [1.82, 2.24) is 10.2 Å². The molecule has 4 heteroatoms. The second kappa shape index (κ2) is 7.37. The number of piperazine rings is 1. The van der Waals surface area contributed by atoms with Crippen LogP contribution in [-0.4, -0.2) is 37.6 Å². The number of nitrogens with zero attached hydrogens (tertiary/aromatic N) is 1. The van der Waals surface area contributed by atoms with Crippen LogP contribution in [0.15, 0.2) is 12.1 Å². The van der Waals surface area contributed by atoms with Crippen molar-refractivity contribution in [2.24, 2.45) is 0 Å². The first-order chi connectivity index (χ1) is 8.34. The fraction of sp³-hybridized carbons (Fsp3) is 0.692. The van der Waals surface area contributed by atoms with Crippen LogP contribution in [0, 0.1) is 0 Å². The van der Waals surface area contributed by atoms with Crippen molar-refractivity contribution in [1.29, 1.82) is 0 Å². The zero-order chi connectivity index (χ0) is 11.9. The van der Waals surface area contributed by atoms with Gasteiger partial charge in [-0.2, -0.15) is 0 Å². The van der Waals surface area contributed by atoms with Crippen LogP contribution >= 0.6 is 22.9 Å². The molecule has 0 aromatic carbocycles. The molecule has 1 N–H and O–H groups in total. The Morgan fingerprint density at radius 2 is 2.00 bits per heavy atom. The Morgan fingerprint density at radius 3 is 2.71 bits per heavy atom. The van der Waals surface area contributed by atoms with E-state index in [1.165, 1.54) is 50.2 Å². The highest BCUT2D eigenvalue weighted by Crippen LogP contribution is 2.22. The molecule has 17 heavy (non-hydrogen) atoms. The molecule has 0 radical (unpaired) electrons. The monoisotopic (exact) mass is 272 g/mol. The van der Waals surface area contributed by atoms with Gasteiger partial charge in [-0.1, -0.05) is 18.0 Å². The van der Waals surface area contributed by atoms with Gasteiger partial charge in [0.2, 0.25) is 0 Å². The van der Waals surface area contributed by atoms with Crippen LogP contribution in [0.3, 0.4) is 0 Å². The van der Waals surface area contributed by atoms with E-state index < -0.39 is 0 Å². The maximum absolute atomic E-state index is 5.91.